The molecule has 1 N–H and O–H groups in total. The number of nitrogens with one attached hydrogen (secondary N) is 1. The Morgan fingerprint density at radius 1 is 1.19 bits per heavy atom. The SMILES string of the molecule is CCc1ccccc1NC(=O)CCN(c1ccc(Cl)cc1C)S(C)(=O)=O. The number of hydrogen-bond acceptors (Lipinski definition) is 3. The van der Waals surface area contributed by atoms with Gasteiger partial charge in [0.25, 0.3) is 0 Å². The van der Waals surface area contributed by atoms with Crippen LogP contribution in [0.2, 0.25) is 5.02 Å². The van der Waals surface area contributed by atoms with Gasteiger partial charge in [-0.2, -0.15) is 0 Å². The van der Waals surface area contributed by atoms with Gasteiger partial charge in [-0.05, 0) is 48.7 Å². The number of hydrogen-bond donors (Lipinski definition) is 1. The Hall–Kier alpha value is -2.05. The number of carbonyl (C=O) groups is 1. The Kier molecular flexibility index (Phi) is 6.67. The summed E-state index contributed by atoms with van der Waals surface area (Å²) in [6, 6.07) is 12.6. The van der Waals surface area contributed by atoms with E-state index in [0.717, 1.165) is 29.5 Å². The lowest BCUT2D eigenvalue weighted by Gasteiger charge is -2.24. The molecule has 0 atom stereocenters. The van der Waals surface area contributed by atoms with E-state index in [2.05, 4.69) is 5.32 Å². The van der Waals surface area contributed by atoms with E-state index in [1.807, 2.05) is 31.2 Å². The molecule has 2 aromatic rings. The van der Waals surface area contributed by atoms with E-state index in [-0.39, 0.29) is 18.9 Å². The first-order valence-electron chi connectivity index (χ1n) is 8.34. The van der Waals surface area contributed by atoms with Crippen molar-refractivity contribution in [1.29, 1.82) is 0 Å². The van der Waals surface area contributed by atoms with Crippen LogP contribution < -0.4 is 9.62 Å². The molecule has 26 heavy (non-hydrogen) atoms. The summed E-state index contributed by atoms with van der Waals surface area (Å²) in [4.78, 5) is 12.3. The van der Waals surface area contributed by atoms with Crippen molar-refractivity contribution in [3.05, 3.63) is 58.6 Å². The van der Waals surface area contributed by atoms with Gasteiger partial charge in [-0.1, -0.05) is 36.7 Å². The van der Waals surface area contributed by atoms with Crippen molar-refractivity contribution in [2.24, 2.45) is 0 Å². The summed E-state index contributed by atoms with van der Waals surface area (Å²) >= 11 is 5.95. The Morgan fingerprint density at radius 2 is 1.88 bits per heavy atom. The molecule has 0 saturated heterocycles. The van der Waals surface area contributed by atoms with Gasteiger partial charge in [0.15, 0.2) is 0 Å². The second-order valence-corrected chi connectivity index (χ2v) is 8.42. The summed E-state index contributed by atoms with van der Waals surface area (Å²) in [5.41, 5.74) is 3.06. The summed E-state index contributed by atoms with van der Waals surface area (Å²) in [5.74, 6) is -0.230. The molecular formula is C19H23ClN2O3S. The molecule has 5 nitrogen and oxygen atoms in total. The topological polar surface area (TPSA) is 66.5 Å². The van der Waals surface area contributed by atoms with Crippen LogP contribution in [-0.4, -0.2) is 27.1 Å². The fourth-order valence-electron chi connectivity index (χ4n) is 2.73. The number of rotatable bonds is 7. The molecule has 0 heterocycles. The fourth-order valence-corrected chi connectivity index (χ4v) is 3.94. The zero-order valence-electron chi connectivity index (χ0n) is 15.1. The van der Waals surface area contributed by atoms with Gasteiger partial charge in [-0.25, -0.2) is 8.42 Å². The largest absolute Gasteiger partial charge is 0.326 e. The van der Waals surface area contributed by atoms with Crippen molar-refractivity contribution in [1.82, 2.24) is 0 Å². The number of halogens is 1. The van der Waals surface area contributed by atoms with Crippen LogP contribution in [0.1, 0.15) is 24.5 Å². The van der Waals surface area contributed by atoms with Crippen LogP contribution in [0.15, 0.2) is 42.5 Å². The summed E-state index contributed by atoms with van der Waals surface area (Å²) < 4.78 is 25.6. The van der Waals surface area contributed by atoms with E-state index in [1.165, 1.54) is 4.31 Å². The highest BCUT2D eigenvalue weighted by atomic mass is 35.5. The lowest BCUT2D eigenvalue weighted by Crippen LogP contribution is -2.33. The predicted molar refractivity (Wildman–Crippen MR) is 107 cm³/mol. The minimum absolute atomic E-state index is 0.0488. The lowest BCUT2D eigenvalue weighted by molar-refractivity contribution is -0.116. The fraction of sp³-hybridized carbons (Fsp3) is 0.316. The van der Waals surface area contributed by atoms with E-state index >= 15 is 0 Å². The van der Waals surface area contributed by atoms with Crippen molar-refractivity contribution in [2.45, 2.75) is 26.7 Å². The molecule has 140 valence electrons. The maximum Gasteiger partial charge on any atom is 0.232 e. The molecule has 0 aliphatic heterocycles. The second-order valence-electron chi connectivity index (χ2n) is 6.07. The highest BCUT2D eigenvalue weighted by molar-refractivity contribution is 7.92. The monoisotopic (exact) mass is 394 g/mol. The van der Waals surface area contributed by atoms with Gasteiger partial charge in [-0.3, -0.25) is 9.10 Å². The molecule has 2 aromatic carbocycles. The molecule has 0 aliphatic carbocycles. The smallest absolute Gasteiger partial charge is 0.232 e. The van der Waals surface area contributed by atoms with Crippen molar-refractivity contribution in [2.75, 3.05) is 22.4 Å². The lowest BCUT2D eigenvalue weighted by atomic mass is 10.1. The number of anilines is 2. The summed E-state index contributed by atoms with van der Waals surface area (Å²) in [6.07, 6.45) is 1.98. The van der Waals surface area contributed by atoms with Crippen molar-refractivity contribution in [3.63, 3.8) is 0 Å². The van der Waals surface area contributed by atoms with E-state index in [0.29, 0.717) is 10.7 Å². The van der Waals surface area contributed by atoms with Gasteiger partial charge >= 0.3 is 0 Å². The van der Waals surface area contributed by atoms with Crippen LogP contribution in [0, 0.1) is 6.92 Å². The summed E-state index contributed by atoms with van der Waals surface area (Å²) in [5, 5.41) is 3.40. The molecule has 0 saturated carbocycles. The van der Waals surface area contributed by atoms with Crippen LogP contribution in [0.4, 0.5) is 11.4 Å². The van der Waals surface area contributed by atoms with Gasteiger partial charge in [-0.15, -0.1) is 0 Å². The quantitative estimate of drug-likeness (QED) is 0.771. The average Bonchev–Trinajstić information content (AvgIpc) is 2.56. The Balaban J connectivity index is 2.14. The van der Waals surface area contributed by atoms with Crippen molar-refractivity contribution < 1.29 is 13.2 Å². The first kappa shape index (κ1) is 20.3. The van der Waals surface area contributed by atoms with Gasteiger partial charge in [0.05, 0.1) is 11.9 Å². The highest BCUT2D eigenvalue weighted by Gasteiger charge is 2.20. The van der Waals surface area contributed by atoms with E-state index < -0.39 is 10.0 Å². The van der Waals surface area contributed by atoms with Gasteiger partial charge < -0.3 is 5.32 Å². The Morgan fingerprint density at radius 3 is 2.50 bits per heavy atom. The van der Waals surface area contributed by atoms with Crippen LogP contribution in [0.25, 0.3) is 0 Å². The molecule has 0 unspecified atom stereocenters. The summed E-state index contributed by atoms with van der Waals surface area (Å²) in [7, 11) is -3.52. The molecule has 2 rings (SSSR count). The molecule has 0 radical (unpaired) electrons. The molecule has 0 spiro atoms. The third-order valence-corrected chi connectivity index (χ3v) is 5.46. The van der Waals surface area contributed by atoms with Crippen LogP contribution in [0.3, 0.4) is 0 Å². The number of aryl methyl sites for hydroxylation is 2. The predicted octanol–water partition coefficient (Wildman–Crippen LogP) is 4.01. The van der Waals surface area contributed by atoms with Gasteiger partial charge in [0.1, 0.15) is 0 Å². The third-order valence-electron chi connectivity index (χ3n) is 4.04. The Labute approximate surface area is 160 Å². The zero-order valence-corrected chi connectivity index (χ0v) is 16.7. The minimum Gasteiger partial charge on any atom is -0.326 e. The molecule has 1 amide bonds. The highest BCUT2D eigenvalue weighted by Crippen LogP contribution is 2.26. The van der Waals surface area contributed by atoms with Gasteiger partial charge in [0, 0.05) is 23.7 Å². The average molecular weight is 395 g/mol. The molecule has 7 heteroatoms. The number of sulfonamides is 1. The normalized spacial score (nSPS) is 11.2. The maximum absolute atomic E-state index is 12.3. The van der Waals surface area contributed by atoms with Crippen LogP contribution >= 0.6 is 11.6 Å². The number of nitrogens with zero attached hydrogens (tertiary/aromatic N) is 1. The van der Waals surface area contributed by atoms with Crippen LogP contribution in [-0.2, 0) is 21.2 Å². The third kappa shape index (κ3) is 5.22. The van der Waals surface area contributed by atoms with Gasteiger partial charge in [0.2, 0.25) is 15.9 Å². The van der Waals surface area contributed by atoms with E-state index in [9.17, 15) is 13.2 Å². The standard InChI is InChI=1S/C19H23ClN2O3S/c1-4-15-7-5-6-8-17(15)21-19(23)11-12-22(26(3,24)25)18-10-9-16(20)13-14(18)2/h5-10,13H,4,11-12H2,1-3H3,(H,21,23). The van der Waals surface area contributed by atoms with Crippen molar-refractivity contribution >= 4 is 38.9 Å². The second kappa shape index (κ2) is 8.56. The number of benzene rings is 2. The van der Waals surface area contributed by atoms with E-state index in [1.54, 1.807) is 25.1 Å². The zero-order chi connectivity index (χ0) is 19.3. The first-order chi connectivity index (χ1) is 12.2. The minimum atomic E-state index is -3.52. The Bertz CT molecular complexity index is 897. The first-order valence-corrected chi connectivity index (χ1v) is 10.6. The molecule has 0 aliphatic rings. The van der Waals surface area contributed by atoms with Crippen LogP contribution in [0.5, 0.6) is 0 Å². The molecular weight excluding hydrogens is 372 g/mol. The maximum atomic E-state index is 12.3. The van der Waals surface area contributed by atoms with E-state index in [4.69, 9.17) is 11.6 Å². The number of amides is 1. The number of carbonyl (C=O) groups excluding carboxylic acids is 1. The van der Waals surface area contributed by atoms with Crippen molar-refractivity contribution in [3.8, 4) is 0 Å². The molecule has 0 fully saturated rings. The molecule has 0 bridgehead atoms. The molecule has 0 aromatic heterocycles. The summed E-state index contributed by atoms with van der Waals surface area (Å²) in [6.45, 7) is 3.86. The number of para-hydroxylation sites is 1.